The lowest BCUT2D eigenvalue weighted by Crippen LogP contribution is -2.28. The van der Waals surface area contributed by atoms with Crippen LogP contribution < -0.4 is 5.32 Å². The standard InChI is InChI=1S/C21H17F2N3OS/c22-15-6-5-14-7-9-26(19(14)11-15)10-8-24-20(27)12-16-13-28-21(25-16)17-3-1-2-4-18(17)23/h1-7,9,11,13H,8,10,12H2,(H,24,27). The molecule has 0 saturated carbocycles. The number of fused-ring (bicyclic) bond motifs is 1. The summed E-state index contributed by atoms with van der Waals surface area (Å²) >= 11 is 1.31. The number of benzene rings is 2. The first-order valence-corrected chi connectivity index (χ1v) is 9.68. The number of halogens is 2. The third-order valence-electron chi connectivity index (χ3n) is 4.41. The minimum atomic E-state index is -0.330. The molecule has 4 nitrogen and oxygen atoms in total. The number of rotatable bonds is 6. The van der Waals surface area contributed by atoms with E-state index in [1.807, 2.05) is 16.8 Å². The molecule has 4 aromatic rings. The number of aromatic nitrogens is 2. The van der Waals surface area contributed by atoms with Gasteiger partial charge in [-0.2, -0.15) is 0 Å². The maximum atomic E-state index is 13.8. The van der Waals surface area contributed by atoms with Crippen molar-refractivity contribution in [1.82, 2.24) is 14.9 Å². The highest BCUT2D eigenvalue weighted by molar-refractivity contribution is 7.13. The lowest BCUT2D eigenvalue weighted by molar-refractivity contribution is -0.120. The topological polar surface area (TPSA) is 46.9 Å². The van der Waals surface area contributed by atoms with Crippen LogP contribution in [0.5, 0.6) is 0 Å². The number of amides is 1. The fraction of sp³-hybridized carbons (Fsp3) is 0.143. The van der Waals surface area contributed by atoms with E-state index in [-0.39, 0.29) is 24.0 Å². The molecule has 0 aliphatic heterocycles. The molecule has 0 aliphatic carbocycles. The van der Waals surface area contributed by atoms with Crippen LogP contribution in [-0.2, 0) is 17.8 Å². The maximum absolute atomic E-state index is 13.8. The molecular weight excluding hydrogens is 380 g/mol. The summed E-state index contributed by atoms with van der Waals surface area (Å²) in [6.45, 7) is 0.958. The Morgan fingerprint density at radius 3 is 2.86 bits per heavy atom. The van der Waals surface area contributed by atoms with E-state index < -0.39 is 0 Å². The molecule has 2 aromatic heterocycles. The third-order valence-corrected chi connectivity index (χ3v) is 5.33. The zero-order valence-electron chi connectivity index (χ0n) is 14.9. The Morgan fingerprint density at radius 1 is 1.14 bits per heavy atom. The first kappa shape index (κ1) is 18.3. The zero-order chi connectivity index (χ0) is 19.5. The van der Waals surface area contributed by atoms with E-state index in [0.717, 1.165) is 10.9 Å². The first-order chi connectivity index (χ1) is 13.6. The van der Waals surface area contributed by atoms with Gasteiger partial charge >= 0.3 is 0 Å². The third kappa shape index (κ3) is 3.94. The van der Waals surface area contributed by atoms with Gasteiger partial charge in [-0.1, -0.05) is 12.1 Å². The fourth-order valence-electron chi connectivity index (χ4n) is 3.04. The van der Waals surface area contributed by atoms with Crippen LogP contribution in [0, 0.1) is 11.6 Å². The second-order valence-electron chi connectivity index (χ2n) is 6.36. The van der Waals surface area contributed by atoms with Gasteiger partial charge in [0.05, 0.1) is 17.6 Å². The molecule has 1 N–H and O–H groups in total. The molecular formula is C21H17F2N3OS. The van der Waals surface area contributed by atoms with Crippen LogP contribution in [0.2, 0.25) is 0 Å². The molecule has 0 aliphatic rings. The molecule has 0 bridgehead atoms. The highest BCUT2D eigenvalue weighted by atomic mass is 32.1. The Balaban J connectivity index is 1.34. The van der Waals surface area contributed by atoms with Crippen LogP contribution in [0.1, 0.15) is 5.69 Å². The number of thiazole rings is 1. The van der Waals surface area contributed by atoms with Crippen molar-refractivity contribution in [3.63, 3.8) is 0 Å². The summed E-state index contributed by atoms with van der Waals surface area (Å²) < 4.78 is 29.2. The van der Waals surface area contributed by atoms with E-state index in [9.17, 15) is 13.6 Å². The van der Waals surface area contributed by atoms with Crippen molar-refractivity contribution in [2.24, 2.45) is 0 Å². The number of carbonyl (C=O) groups excluding carboxylic acids is 1. The van der Waals surface area contributed by atoms with Crippen LogP contribution in [-0.4, -0.2) is 22.0 Å². The molecule has 142 valence electrons. The quantitative estimate of drug-likeness (QED) is 0.524. The summed E-state index contributed by atoms with van der Waals surface area (Å²) in [6.07, 6.45) is 2.00. The Kier molecular flexibility index (Phi) is 5.16. The van der Waals surface area contributed by atoms with Gasteiger partial charge in [-0.05, 0) is 41.8 Å². The Hall–Kier alpha value is -3.06. The molecule has 0 saturated heterocycles. The lowest BCUT2D eigenvalue weighted by Gasteiger charge is -2.07. The van der Waals surface area contributed by atoms with Crippen molar-refractivity contribution in [2.45, 2.75) is 13.0 Å². The average molecular weight is 397 g/mol. The van der Waals surface area contributed by atoms with Crippen molar-refractivity contribution < 1.29 is 13.6 Å². The number of hydrogen-bond acceptors (Lipinski definition) is 3. The van der Waals surface area contributed by atoms with Crippen LogP contribution >= 0.6 is 11.3 Å². The molecule has 2 aromatic carbocycles. The largest absolute Gasteiger partial charge is 0.354 e. The minimum Gasteiger partial charge on any atom is -0.354 e. The molecule has 2 heterocycles. The van der Waals surface area contributed by atoms with Gasteiger partial charge in [0.1, 0.15) is 16.6 Å². The summed E-state index contributed by atoms with van der Waals surface area (Å²) in [5.41, 5.74) is 1.84. The normalized spacial score (nSPS) is 11.1. The molecule has 0 atom stereocenters. The van der Waals surface area contributed by atoms with E-state index in [2.05, 4.69) is 10.3 Å². The number of carbonyl (C=O) groups is 1. The van der Waals surface area contributed by atoms with E-state index in [1.165, 1.54) is 29.5 Å². The maximum Gasteiger partial charge on any atom is 0.226 e. The average Bonchev–Trinajstić information content (AvgIpc) is 3.29. The summed E-state index contributed by atoms with van der Waals surface area (Å²) in [4.78, 5) is 16.5. The van der Waals surface area contributed by atoms with Gasteiger partial charge in [-0.25, -0.2) is 13.8 Å². The monoisotopic (exact) mass is 397 g/mol. The SMILES string of the molecule is O=C(Cc1csc(-c2ccccc2F)n1)NCCn1ccc2ccc(F)cc21. The summed E-state index contributed by atoms with van der Waals surface area (Å²) in [7, 11) is 0. The second-order valence-corrected chi connectivity index (χ2v) is 7.22. The number of nitrogens with zero attached hydrogens (tertiary/aromatic N) is 2. The number of hydrogen-bond donors (Lipinski definition) is 1. The van der Waals surface area contributed by atoms with Gasteiger partial charge < -0.3 is 9.88 Å². The Bertz CT molecular complexity index is 1140. The molecule has 28 heavy (non-hydrogen) atoms. The minimum absolute atomic E-state index is 0.131. The highest BCUT2D eigenvalue weighted by Crippen LogP contribution is 2.26. The molecule has 0 radical (unpaired) electrons. The molecule has 0 unspecified atom stereocenters. The summed E-state index contributed by atoms with van der Waals surface area (Å²) in [5.74, 6) is -0.776. The van der Waals surface area contributed by atoms with Crippen LogP contribution in [0.25, 0.3) is 21.5 Å². The van der Waals surface area contributed by atoms with Gasteiger partial charge in [0.2, 0.25) is 5.91 Å². The summed E-state index contributed by atoms with van der Waals surface area (Å²) in [6, 6.07) is 13.0. The fourth-order valence-corrected chi connectivity index (χ4v) is 3.89. The molecule has 4 rings (SSSR count). The van der Waals surface area contributed by atoms with Crippen molar-refractivity contribution in [3.05, 3.63) is 77.4 Å². The van der Waals surface area contributed by atoms with Gasteiger partial charge in [0, 0.05) is 30.2 Å². The van der Waals surface area contributed by atoms with Gasteiger partial charge in [0.25, 0.3) is 0 Å². The molecule has 7 heteroatoms. The summed E-state index contributed by atoms with van der Waals surface area (Å²) in [5, 5.41) is 6.13. The Labute approximate surface area is 164 Å². The number of nitrogens with one attached hydrogen (secondary N) is 1. The highest BCUT2D eigenvalue weighted by Gasteiger charge is 2.11. The van der Waals surface area contributed by atoms with Crippen molar-refractivity contribution in [3.8, 4) is 10.6 Å². The predicted molar refractivity (Wildman–Crippen MR) is 106 cm³/mol. The lowest BCUT2D eigenvalue weighted by atomic mass is 10.2. The van der Waals surface area contributed by atoms with E-state index in [4.69, 9.17) is 0 Å². The van der Waals surface area contributed by atoms with E-state index in [1.54, 1.807) is 29.6 Å². The predicted octanol–water partition coefficient (Wildman–Crippen LogP) is 4.40. The van der Waals surface area contributed by atoms with Crippen molar-refractivity contribution in [1.29, 1.82) is 0 Å². The van der Waals surface area contributed by atoms with E-state index in [0.29, 0.717) is 29.4 Å². The van der Waals surface area contributed by atoms with E-state index >= 15 is 0 Å². The van der Waals surface area contributed by atoms with Crippen LogP contribution in [0.15, 0.2) is 60.1 Å². The zero-order valence-corrected chi connectivity index (χ0v) is 15.7. The van der Waals surface area contributed by atoms with Gasteiger partial charge in [-0.3, -0.25) is 4.79 Å². The van der Waals surface area contributed by atoms with Gasteiger partial charge in [0.15, 0.2) is 0 Å². The smallest absolute Gasteiger partial charge is 0.226 e. The molecule has 0 spiro atoms. The van der Waals surface area contributed by atoms with Crippen molar-refractivity contribution in [2.75, 3.05) is 6.54 Å². The van der Waals surface area contributed by atoms with Crippen molar-refractivity contribution >= 4 is 28.1 Å². The van der Waals surface area contributed by atoms with Gasteiger partial charge in [-0.15, -0.1) is 11.3 Å². The second kappa shape index (κ2) is 7.90. The molecule has 0 fully saturated rings. The van der Waals surface area contributed by atoms with Crippen LogP contribution in [0.4, 0.5) is 8.78 Å². The first-order valence-electron chi connectivity index (χ1n) is 8.80. The van der Waals surface area contributed by atoms with Crippen LogP contribution in [0.3, 0.4) is 0 Å². The Morgan fingerprint density at radius 2 is 2.00 bits per heavy atom. The molecule has 1 amide bonds.